The maximum absolute atomic E-state index is 12.5. The number of carbonyl (C=O) groups excluding carboxylic acids is 1. The summed E-state index contributed by atoms with van der Waals surface area (Å²) in [5.41, 5.74) is 3.97. The molecule has 0 atom stereocenters. The van der Waals surface area contributed by atoms with Gasteiger partial charge in [-0.15, -0.1) is 21.5 Å². The lowest BCUT2D eigenvalue weighted by molar-refractivity contribution is -0.120. The second kappa shape index (κ2) is 7.90. The monoisotopic (exact) mass is 391 g/mol. The molecule has 1 amide bonds. The molecule has 142 valence electrons. The Morgan fingerprint density at radius 2 is 1.93 bits per heavy atom. The standard InChI is InChI=1S/C21H21N5OS/c1-14-6-8-16(9-7-14)21-17(28-15(2)23-21)13-20(27)22-11-10-19-25-24-18-5-3-4-12-26(18)19/h3-9,12H,10-11,13H2,1-2H3,(H,22,27). The first-order chi connectivity index (χ1) is 13.6. The van der Waals surface area contributed by atoms with Gasteiger partial charge in [0.2, 0.25) is 5.91 Å². The van der Waals surface area contributed by atoms with E-state index in [1.807, 2.05) is 35.7 Å². The van der Waals surface area contributed by atoms with E-state index < -0.39 is 0 Å². The molecule has 0 spiro atoms. The maximum atomic E-state index is 12.5. The van der Waals surface area contributed by atoms with Gasteiger partial charge in [0.1, 0.15) is 5.82 Å². The number of hydrogen-bond acceptors (Lipinski definition) is 5. The number of rotatable bonds is 6. The molecule has 0 radical (unpaired) electrons. The zero-order valence-electron chi connectivity index (χ0n) is 15.8. The second-order valence-electron chi connectivity index (χ2n) is 6.69. The van der Waals surface area contributed by atoms with Crippen molar-refractivity contribution in [2.75, 3.05) is 6.54 Å². The van der Waals surface area contributed by atoms with Gasteiger partial charge in [-0.3, -0.25) is 9.20 Å². The normalized spacial score (nSPS) is 11.1. The SMILES string of the molecule is Cc1ccc(-c2nc(C)sc2CC(=O)NCCc2nnc3ccccn23)cc1. The number of amides is 1. The van der Waals surface area contributed by atoms with Gasteiger partial charge in [0.15, 0.2) is 5.65 Å². The van der Waals surface area contributed by atoms with E-state index in [4.69, 9.17) is 0 Å². The highest BCUT2D eigenvalue weighted by Gasteiger charge is 2.15. The Labute approximate surface area is 167 Å². The van der Waals surface area contributed by atoms with Gasteiger partial charge in [-0.1, -0.05) is 35.9 Å². The molecule has 3 heterocycles. The molecule has 0 bridgehead atoms. The van der Waals surface area contributed by atoms with Crippen molar-refractivity contribution in [1.29, 1.82) is 0 Å². The molecule has 0 aliphatic carbocycles. The Morgan fingerprint density at radius 3 is 2.75 bits per heavy atom. The highest BCUT2D eigenvalue weighted by molar-refractivity contribution is 7.12. The Hall–Kier alpha value is -3.06. The van der Waals surface area contributed by atoms with Gasteiger partial charge in [-0.25, -0.2) is 4.98 Å². The number of nitrogens with zero attached hydrogens (tertiary/aromatic N) is 4. The van der Waals surface area contributed by atoms with Gasteiger partial charge < -0.3 is 5.32 Å². The minimum atomic E-state index is -0.00849. The average Bonchev–Trinajstić information content (AvgIpc) is 3.26. The molecule has 1 aromatic carbocycles. The summed E-state index contributed by atoms with van der Waals surface area (Å²) < 4.78 is 1.94. The molecule has 7 heteroatoms. The van der Waals surface area contributed by atoms with E-state index in [0.717, 1.165) is 32.6 Å². The molecule has 4 aromatic rings. The zero-order chi connectivity index (χ0) is 19.5. The van der Waals surface area contributed by atoms with Crippen molar-refractivity contribution in [1.82, 2.24) is 24.9 Å². The molecule has 3 aromatic heterocycles. The topological polar surface area (TPSA) is 72.2 Å². The molecule has 0 aliphatic heterocycles. The van der Waals surface area contributed by atoms with Crippen LogP contribution in [0.15, 0.2) is 48.7 Å². The van der Waals surface area contributed by atoms with Crippen LogP contribution in [0.5, 0.6) is 0 Å². The first kappa shape index (κ1) is 18.3. The first-order valence-corrected chi connectivity index (χ1v) is 10.0. The summed E-state index contributed by atoms with van der Waals surface area (Å²) in [6, 6.07) is 14.0. The molecule has 28 heavy (non-hydrogen) atoms. The van der Waals surface area contributed by atoms with Crippen molar-refractivity contribution >= 4 is 22.9 Å². The fourth-order valence-electron chi connectivity index (χ4n) is 3.11. The molecule has 0 saturated carbocycles. The van der Waals surface area contributed by atoms with Gasteiger partial charge in [-0.2, -0.15) is 0 Å². The number of thiazole rings is 1. The predicted octanol–water partition coefficient (Wildman–Crippen LogP) is 3.37. The minimum Gasteiger partial charge on any atom is -0.355 e. The highest BCUT2D eigenvalue weighted by atomic mass is 32.1. The molecule has 0 aliphatic rings. The van der Waals surface area contributed by atoms with Crippen molar-refractivity contribution < 1.29 is 4.79 Å². The van der Waals surface area contributed by atoms with E-state index in [-0.39, 0.29) is 5.91 Å². The van der Waals surface area contributed by atoms with Crippen molar-refractivity contribution in [2.24, 2.45) is 0 Å². The molecular formula is C21H21N5OS. The summed E-state index contributed by atoms with van der Waals surface area (Å²) in [6.45, 7) is 4.55. The smallest absolute Gasteiger partial charge is 0.225 e. The van der Waals surface area contributed by atoms with Crippen LogP contribution in [0, 0.1) is 13.8 Å². The van der Waals surface area contributed by atoms with E-state index in [9.17, 15) is 4.79 Å². The van der Waals surface area contributed by atoms with Gasteiger partial charge in [0.05, 0.1) is 17.1 Å². The largest absolute Gasteiger partial charge is 0.355 e. The Balaban J connectivity index is 1.39. The Bertz CT molecular complexity index is 1110. The first-order valence-electron chi connectivity index (χ1n) is 9.19. The van der Waals surface area contributed by atoms with Crippen molar-refractivity contribution in [3.05, 3.63) is 69.9 Å². The number of carbonyl (C=O) groups is 1. The molecule has 4 rings (SSSR count). The van der Waals surface area contributed by atoms with Crippen molar-refractivity contribution in [3.8, 4) is 11.3 Å². The third-order valence-corrected chi connectivity index (χ3v) is 5.48. The van der Waals surface area contributed by atoms with Gasteiger partial charge in [-0.05, 0) is 26.0 Å². The number of aromatic nitrogens is 4. The fraction of sp³-hybridized carbons (Fsp3) is 0.238. The lowest BCUT2D eigenvalue weighted by atomic mass is 10.1. The lowest BCUT2D eigenvalue weighted by Gasteiger charge is -2.06. The van der Waals surface area contributed by atoms with Gasteiger partial charge in [0, 0.05) is 29.6 Å². The van der Waals surface area contributed by atoms with E-state index >= 15 is 0 Å². The average molecular weight is 392 g/mol. The summed E-state index contributed by atoms with van der Waals surface area (Å²) in [5, 5.41) is 12.3. The number of hydrogen-bond donors (Lipinski definition) is 1. The second-order valence-corrected chi connectivity index (χ2v) is 7.98. The van der Waals surface area contributed by atoms with Crippen LogP contribution in [-0.2, 0) is 17.6 Å². The molecule has 0 saturated heterocycles. The van der Waals surface area contributed by atoms with Crippen LogP contribution in [0.2, 0.25) is 0 Å². The van der Waals surface area contributed by atoms with E-state index in [1.54, 1.807) is 11.3 Å². The van der Waals surface area contributed by atoms with Gasteiger partial charge >= 0.3 is 0 Å². The molecule has 0 fully saturated rings. The van der Waals surface area contributed by atoms with Crippen LogP contribution < -0.4 is 5.32 Å². The van der Waals surface area contributed by atoms with E-state index in [1.165, 1.54) is 5.56 Å². The molecule has 0 unspecified atom stereocenters. The van der Waals surface area contributed by atoms with Gasteiger partial charge in [0.25, 0.3) is 0 Å². The number of aryl methyl sites for hydroxylation is 2. The van der Waals surface area contributed by atoms with Crippen molar-refractivity contribution in [2.45, 2.75) is 26.7 Å². The number of fused-ring (bicyclic) bond motifs is 1. The number of pyridine rings is 1. The third-order valence-electron chi connectivity index (χ3n) is 4.51. The summed E-state index contributed by atoms with van der Waals surface area (Å²) in [5.74, 6) is 0.829. The molecule has 1 N–H and O–H groups in total. The quantitative estimate of drug-likeness (QED) is 0.547. The van der Waals surface area contributed by atoms with E-state index in [0.29, 0.717) is 19.4 Å². The van der Waals surface area contributed by atoms with E-state index in [2.05, 4.69) is 51.7 Å². The summed E-state index contributed by atoms with van der Waals surface area (Å²) >= 11 is 1.58. The molecular weight excluding hydrogens is 370 g/mol. The molecule has 6 nitrogen and oxygen atoms in total. The van der Waals surface area contributed by atoms with Crippen LogP contribution in [0.1, 0.15) is 21.3 Å². The minimum absolute atomic E-state index is 0.00849. The predicted molar refractivity (Wildman–Crippen MR) is 110 cm³/mol. The summed E-state index contributed by atoms with van der Waals surface area (Å²) in [4.78, 5) is 18.1. The summed E-state index contributed by atoms with van der Waals surface area (Å²) in [6.07, 6.45) is 2.89. The third kappa shape index (κ3) is 3.94. The highest BCUT2D eigenvalue weighted by Crippen LogP contribution is 2.28. The summed E-state index contributed by atoms with van der Waals surface area (Å²) in [7, 11) is 0. The van der Waals surface area contributed by atoms with Crippen LogP contribution in [-0.4, -0.2) is 32.0 Å². The van der Waals surface area contributed by atoms with Crippen LogP contribution >= 0.6 is 11.3 Å². The lowest BCUT2D eigenvalue weighted by Crippen LogP contribution is -2.27. The number of benzene rings is 1. The van der Waals surface area contributed by atoms with Crippen LogP contribution in [0.3, 0.4) is 0 Å². The maximum Gasteiger partial charge on any atom is 0.225 e. The number of nitrogens with one attached hydrogen (secondary N) is 1. The van der Waals surface area contributed by atoms with Crippen LogP contribution in [0.25, 0.3) is 16.9 Å². The Kier molecular flexibility index (Phi) is 5.16. The van der Waals surface area contributed by atoms with Crippen LogP contribution in [0.4, 0.5) is 0 Å². The fourth-order valence-corrected chi connectivity index (χ4v) is 4.07. The van der Waals surface area contributed by atoms with Crippen molar-refractivity contribution in [3.63, 3.8) is 0 Å². The zero-order valence-corrected chi connectivity index (χ0v) is 16.7. The Morgan fingerprint density at radius 1 is 1.11 bits per heavy atom.